The molecule has 0 bridgehead atoms. The summed E-state index contributed by atoms with van der Waals surface area (Å²) in [6, 6.07) is 9.20. The molecule has 0 saturated carbocycles. The van der Waals surface area contributed by atoms with Gasteiger partial charge in [0.05, 0.1) is 12.3 Å². The molecule has 2 aromatic rings. The Labute approximate surface area is 111 Å². The van der Waals surface area contributed by atoms with Crippen LogP contribution in [-0.4, -0.2) is 22.7 Å². The predicted molar refractivity (Wildman–Crippen MR) is 71.8 cm³/mol. The molecule has 0 atom stereocenters. The van der Waals surface area contributed by atoms with E-state index in [1.165, 1.54) is 0 Å². The third-order valence-corrected chi connectivity index (χ3v) is 2.45. The van der Waals surface area contributed by atoms with Crippen LogP contribution in [0.25, 0.3) is 0 Å². The lowest BCUT2D eigenvalue weighted by atomic mass is 10.2. The van der Waals surface area contributed by atoms with Crippen LogP contribution in [0.15, 0.2) is 48.9 Å². The maximum atomic E-state index is 11.5. The number of nitrogens with zero attached hydrogens (tertiary/aromatic N) is 2. The first kappa shape index (κ1) is 13.0. The molecule has 0 spiro atoms. The second kappa shape index (κ2) is 7.10. The lowest BCUT2D eigenvalue weighted by Crippen LogP contribution is -2.14. The van der Waals surface area contributed by atoms with Crippen molar-refractivity contribution < 1.29 is 9.53 Å². The van der Waals surface area contributed by atoms with Crippen molar-refractivity contribution in [2.75, 3.05) is 11.9 Å². The van der Waals surface area contributed by atoms with Crippen molar-refractivity contribution in [3.8, 4) is 0 Å². The van der Waals surface area contributed by atoms with Gasteiger partial charge < -0.3 is 4.74 Å². The van der Waals surface area contributed by atoms with Gasteiger partial charge >= 0.3 is 6.09 Å². The van der Waals surface area contributed by atoms with Crippen molar-refractivity contribution in [3.63, 3.8) is 0 Å². The number of nitrogens with one attached hydrogen (secondary N) is 1. The third-order valence-electron chi connectivity index (χ3n) is 2.45. The zero-order valence-electron chi connectivity index (χ0n) is 10.5. The Morgan fingerprint density at radius 2 is 2.05 bits per heavy atom. The maximum Gasteiger partial charge on any atom is 0.411 e. The SMILES string of the molecule is O=C(Nc1ccccc1)OCCCc1cnccn1. The molecule has 0 radical (unpaired) electrons. The molecule has 0 aliphatic rings. The van der Waals surface area contributed by atoms with Crippen LogP contribution in [-0.2, 0) is 11.2 Å². The van der Waals surface area contributed by atoms with Crippen LogP contribution < -0.4 is 5.32 Å². The summed E-state index contributed by atoms with van der Waals surface area (Å²) in [4.78, 5) is 19.6. The largest absolute Gasteiger partial charge is 0.449 e. The highest BCUT2D eigenvalue weighted by Gasteiger charge is 2.02. The van der Waals surface area contributed by atoms with E-state index in [1.54, 1.807) is 30.7 Å². The monoisotopic (exact) mass is 257 g/mol. The van der Waals surface area contributed by atoms with E-state index in [1.807, 2.05) is 18.2 Å². The van der Waals surface area contributed by atoms with Crippen LogP contribution in [0.3, 0.4) is 0 Å². The molecule has 1 N–H and O–H groups in total. The Kier molecular flexibility index (Phi) is 4.87. The molecular weight excluding hydrogens is 242 g/mol. The second-order valence-corrected chi connectivity index (χ2v) is 3.93. The molecule has 0 fully saturated rings. The molecule has 1 aromatic carbocycles. The van der Waals surface area contributed by atoms with Gasteiger partial charge in [0.1, 0.15) is 0 Å². The summed E-state index contributed by atoms with van der Waals surface area (Å²) in [5, 5.41) is 2.65. The smallest absolute Gasteiger partial charge is 0.411 e. The summed E-state index contributed by atoms with van der Waals surface area (Å²) in [7, 11) is 0. The van der Waals surface area contributed by atoms with E-state index in [4.69, 9.17) is 4.74 Å². The summed E-state index contributed by atoms with van der Waals surface area (Å²) in [6.45, 7) is 0.356. The molecule has 0 unspecified atom stereocenters. The number of ether oxygens (including phenoxy) is 1. The number of aromatic nitrogens is 2. The van der Waals surface area contributed by atoms with Gasteiger partial charge in [0.2, 0.25) is 0 Å². The normalized spacial score (nSPS) is 9.89. The van der Waals surface area contributed by atoms with E-state index >= 15 is 0 Å². The van der Waals surface area contributed by atoms with Crippen molar-refractivity contribution in [1.29, 1.82) is 0 Å². The predicted octanol–water partition coefficient (Wildman–Crippen LogP) is 2.66. The highest BCUT2D eigenvalue weighted by Crippen LogP contribution is 2.05. The lowest BCUT2D eigenvalue weighted by molar-refractivity contribution is 0.160. The fourth-order valence-electron chi connectivity index (χ4n) is 1.55. The second-order valence-electron chi connectivity index (χ2n) is 3.93. The van der Waals surface area contributed by atoms with Gasteiger partial charge in [-0.3, -0.25) is 15.3 Å². The summed E-state index contributed by atoms with van der Waals surface area (Å²) < 4.78 is 5.07. The molecular formula is C14H15N3O2. The van der Waals surface area contributed by atoms with E-state index in [-0.39, 0.29) is 0 Å². The Morgan fingerprint density at radius 1 is 1.21 bits per heavy atom. The molecule has 5 nitrogen and oxygen atoms in total. The fraction of sp³-hybridized carbons (Fsp3) is 0.214. The van der Waals surface area contributed by atoms with Gasteiger partial charge in [-0.1, -0.05) is 18.2 Å². The number of hydrogen-bond donors (Lipinski definition) is 1. The quantitative estimate of drug-likeness (QED) is 0.836. The Morgan fingerprint density at radius 3 is 2.79 bits per heavy atom. The van der Waals surface area contributed by atoms with Gasteiger partial charge in [-0.15, -0.1) is 0 Å². The molecule has 1 heterocycles. The highest BCUT2D eigenvalue weighted by molar-refractivity contribution is 5.84. The van der Waals surface area contributed by atoms with Crippen LogP contribution in [0.5, 0.6) is 0 Å². The molecule has 0 saturated heterocycles. The molecule has 0 aliphatic heterocycles. The van der Waals surface area contributed by atoms with Crippen molar-refractivity contribution in [2.45, 2.75) is 12.8 Å². The van der Waals surface area contributed by atoms with E-state index < -0.39 is 6.09 Å². The third kappa shape index (κ3) is 4.75. The number of amides is 1. The topological polar surface area (TPSA) is 64.1 Å². The van der Waals surface area contributed by atoms with Crippen LogP contribution in [0, 0.1) is 0 Å². The minimum atomic E-state index is -0.439. The van der Waals surface area contributed by atoms with Crippen LogP contribution in [0.1, 0.15) is 12.1 Å². The molecule has 0 aliphatic carbocycles. The Balaban J connectivity index is 1.65. The van der Waals surface area contributed by atoms with Gasteiger partial charge in [0.15, 0.2) is 0 Å². The first-order valence-corrected chi connectivity index (χ1v) is 6.08. The Bertz CT molecular complexity index is 503. The van der Waals surface area contributed by atoms with Gasteiger partial charge in [0, 0.05) is 24.3 Å². The fourth-order valence-corrected chi connectivity index (χ4v) is 1.55. The van der Waals surface area contributed by atoms with Crippen molar-refractivity contribution in [2.24, 2.45) is 0 Å². The summed E-state index contributed by atoms with van der Waals surface area (Å²) in [5.41, 5.74) is 1.62. The molecule has 1 amide bonds. The number of hydrogen-bond acceptors (Lipinski definition) is 4. The summed E-state index contributed by atoms with van der Waals surface area (Å²) >= 11 is 0. The number of anilines is 1. The first-order valence-electron chi connectivity index (χ1n) is 6.08. The average Bonchev–Trinajstić information content (AvgIpc) is 2.46. The maximum absolute atomic E-state index is 11.5. The summed E-state index contributed by atoms with van der Waals surface area (Å²) in [5.74, 6) is 0. The average molecular weight is 257 g/mol. The Hall–Kier alpha value is -2.43. The lowest BCUT2D eigenvalue weighted by Gasteiger charge is -2.06. The van der Waals surface area contributed by atoms with E-state index in [0.29, 0.717) is 6.61 Å². The van der Waals surface area contributed by atoms with Crippen LogP contribution >= 0.6 is 0 Å². The zero-order chi connectivity index (χ0) is 13.3. The van der Waals surface area contributed by atoms with Crippen LogP contribution in [0.2, 0.25) is 0 Å². The summed E-state index contributed by atoms with van der Waals surface area (Å²) in [6.07, 6.45) is 6.02. The first-order chi connectivity index (χ1) is 9.34. The highest BCUT2D eigenvalue weighted by atomic mass is 16.5. The molecule has 2 rings (SSSR count). The van der Waals surface area contributed by atoms with Gasteiger partial charge in [-0.05, 0) is 25.0 Å². The number of carbonyl (C=O) groups excluding carboxylic acids is 1. The van der Waals surface area contributed by atoms with E-state index in [9.17, 15) is 4.79 Å². The van der Waals surface area contributed by atoms with E-state index in [2.05, 4.69) is 15.3 Å². The molecule has 5 heteroatoms. The number of aryl methyl sites for hydroxylation is 1. The zero-order valence-corrected chi connectivity index (χ0v) is 10.5. The number of carbonyl (C=O) groups is 1. The standard InChI is InChI=1S/C14H15N3O2/c18-14(17-12-5-2-1-3-6-12)19-10-4-7-13-11-15-8-9-16-13/h1-3,5-6,8-9,11H,4,7,10H2,(H,17,18). The van der Waals surface area contributed by atoms with Crippen molar-refractivity contribution >= 4 is 11.8 Å². The molecule has 1 aromatic heterocycles. The minimum absolute atomic E-state index is 0.356. The van der Waals surface area contributed by atoms with E-state index in [0.717, 1.165) is 24.2 Å². The van der Waals surface area contributed by atoms with Gasteiger partial charge in [-0.2, -0.15) is 0 Å². The minimum Gasteiger partial charge on any atom is -0.449 e. The van der Waals surface area contributed by atoms with Gasteiger partial charge in [-0.25, -0.2) is 4.79 Å². The number of rotatable bonds is 5. The molecule has 98 valence electrons. The van der Waals surface area contributed by atoms with Gasteiger partial charge in [0.25, 0.3) is 0 Å². The number of benzene rings is 1. The van der Waals surface area contributed by atoms with Crippen molar-refractivity contribution in [1.82, 2.24) is 9.97 Å². The van der Waals surface area contributed by atoms with Crippen molar-refractivity contribution in [3.05, 3.63) is 54.6 Å². The number of para-hydroxylation sites is 1. The molecule has 19 heavy (non-hydrogen) atoms. The van der Waals surface area contributed by atoms with Crippen LogP contribution in [0.4, 0.5) is 10.5 Å².